The number of hydrogen-bond acceptors (Lipinski definition) is 3. The highest BCUT2D eigenvalue weighted by molar-refractivity contribution is 7.13. The van der Waals surface area contributed by atoms with E-state index in [1.807, 2.05) is 24.4 Å². The zero-order chi connectivity index (χ0) is 11.1. The molecule has 0 unspecified atom stereocenters. The maximum atomic E-state index is 5.87. The predicted molar refractivity (Wildman–Crippen MR) is 66.0 cm³/mol. The summed E-state index contributed by atoms with van der Waals surface area (Å²) in [4.78, 5) is 5.70. The molecule has 0 fully saturated rings. The maximum Gasteiger partial charge on any atom is 0.154 e. The Hall–Kier alpha value is -1.39. The first kappa shape index (κ1) is 9.81. The molecule has 0 bridgehead atoms. The molecule has 3 aromatic rings. The number of halogens is 1. The van der Waals surface area contributed by atoms with Crippen molar-refractivity contribution in [2.45, 2.75) is 6.92 Å². The topological polar surface area (TPSA) is 30.2 Å². The van der Waals surface area contributed by atoms with Gasteiger partial charge in [-0.05, 0) is 30.5 Å². The first-order valence-electron chi connectivity index (χ1n) is 4.81. The number of fused-ring (bicyclic) bond motifs is 1. The lowest BCUT2D eigenvalue weighted by Crippen LogP contribution is -1.93. The molecule has 80 valence electrons. The smallest absolute Gasteiger partial charge is 0.154 e. The summed E-state index contributed by atoms with van der Waals surface area (Å²) in [5.74, 6) is 0. The molecule has 0 N–H and O–H groups in total. The summed E-state index contributed by atoms with van der Waals surface area (Å²) in [5.41, 5.74) is 2.81. The molecule has 0 aliphatic carbocycles. The fourth-order valence-corrected chi connectivity index (χ4v) is 2.57. The fraction of sp³-hybridized carbons (Fsp3) is 0.0909. The third-order valence-corrected chi connectivity index (χ3v) is 3.50. The lowest BCUT2D eigenvalue weighted by atomic mass is 10.3. The number of aryl methyl sites for hydroxylation is 1. The van der Waals surface area contributed by atoms with E-state index < -0.39 is 0 Å². The minimum absolute atomic E-state index is 0.478. The van der Waals surface area contributed by atoms with Crippen LogP contribution in [0.25, 0.3) is 16.2 Å². The Kier molecular flexibility index (Phi) is 2.19. The normalized spacial score (nSPS) is 11.1. The van der Waals surface area contributed by atoms with E-state index in [9.17, 15) is 0 Å². The molecule has 16 heavy (non-hydrogen) atoms. The van der Waals surface area contributed by atoms with Gasteiger partial charge in [0.05, 0.1) is 10.6 Å². The maximum absolute atomic E-state index is 5.87. The first-order chi connectivity index (χ1) is 7.75. The van der Waals surface area contributed by atoms with Gasteiger partial charge in [0.25, 0.3) is 0 Å². The minimum Gasteiger partial charge on any atom is -0.226 e. The summed E-state index contributed by atoms with van der Waals surface area (Å²) in [6.45, 7) is 2.00. The van der Waals surface area contributed by atoms with Gasteiger partial charge in [-0.2, -0.15) is 5.10 Å². The minimum atomic E-state index is 0.478. The van der Waals surface area contributed by atoms with Crippen molar-refractivity contribution >= 4 is 28.6 Å². The Morgan fingerprint density at radius 3 is 2.94 bits per heavy atom. The Bertz CT molecular complexity index is 643. The molecule has 3 rings (SSSR count). The van der Waals surface area contributed by atoms with E-state index in [0.717, 1.165) is 21.9 Å². The van der Waals surface area contributed by atoms with Crippen LogP contribution in [0, 0.1) is 6.92 Å². The summed E-state index contributed by atoms with van der Waals surface area (Å²) in [7, 11) is 0. The third kappa shape index (κ3) is 1.42. The van der Waals surface area contributed by atoms with E-state index >= 15 is 0 Å². The Balaban J connectivity index is 2.32. The molecule has 5 heteroatoms. The largest absolute Gasteiger partial charge is 0.226 e. The van der Waals surface area contributed by atoms with Crippen molar-refractivity contribution in [3.8, 4) is 10.6 Å². The highest BCUT2D eigenvalue weighted by atomic mass is 35.5. The number of imidazole rings is 1. The van der Waals surface area contributed by atoms with E-state index in [1.165, 1.54) is 0 Å². The zero-order valence-electron chi connectivity index (χ0n) is 8.51. The monoisotopic (exact) mass is 249 g/mol. The standard InChI is InChI=1S/C11H8ClN3S/c1-7-11(8-3-2-6-16-8)13-10-5-4-9(12)14-15(7)10/h2-6H,1H3. The zero-order valence-corrected chi connectivity index (χ0v) is 10.1. The molecule has 0 aromatic carbocycles. The predicted octanol–water partition coefficient (Wildman–Crippen LogP) is 3.42. The summed E-state index contributed by atoms with van der Waals surface area (Å²) in [6.07, 6.45) is 0. The van der Waals surface area contributed by atoms with Gasteiger partial charge in [-0.1, -0.05) is 17.7 Å². The van der Waals surface area contributed by atoms with E-state index in [-0.39, 0.29) is 0 Å². The van der Waals surface area contributed by atoms with Crippen LogP contribution in [0.1, 0.15) is 5.69 Å². The van der Waals surface area contributed by atoms with E-state index in [0.29, 0.717) is 5.15 Å². The van der Waals surface area contributed by atoms with Gasteiger partial charge in [0.1, 0.15) is 10.8 Å². The Morgan fingerprint density at radius 1 is 1.31 bits per heavy atom. The van der Waals surface area contributed by atoms with Crippen LogP contribution in [0.15, 0.2) is 29.6 Å². The molecule has 0 amide bonds. The van der Waals surface area contributed by atoms with Gasteiger partial charge in [0.15, 0.2) is 5.65 Å². The second-order valence-corrected chi connectivity index (χ2v) is 4.78. The lowest BCUT2D eigenvalue weighted by molar-refractivity contribution is 0.901. The van der Waals surface area contributed by atoms with Crippen molar-refractivity contribution in [1.82, 2.24) is 14.6 Å². The van der Waals surface area contributed by atoms with Gasteiger partial charge in [-0.3, -0.25) is 0 Å². The molecule has 3 nitrogen and oxygen atoms in total. The van der Waals surface area contributed by atoms with Crippen LogP contribution < -0.4 is 0 Å². The first-order valence-corrected chi connectivity index (χ1v) is 6.07. The highest BCUT2D eigenvalue weighted by Crippen LogP contribution is 2.27. The fourth-order valence-electron chi connectivity index (χ4n) is 1.67. The van der Waals surface area contributed by atoms with Gasteiger partial charge < -0.3 is 0 Å². The molecule has 0 aliphatic heterocycles. The molecular weight excluding hydrogens is 242 g/mol. The second kappa shape index (κ2) is 3.57. The van der Waals surface area contributed by atoms with Crippen LogP contribution in [-0.2, 0) is 0 Å². The van der Waals surface area contributed by atoms with Crippen molar-refractivity contribution in [2.24, 2.45) is 0 Å². The number of rotatable bonds is 1. The van der Waals surface area contributed by atoms with Gasteiger partial charge >= 0.3 is 0 Å². The number of thiophene rings is 1. The van der Waals surface area contributed by atoms with Gasteiger partial charge in [0.2, 0.25) is 0 Å². The van der Waals surface area contributed by atoms with E-state index in [1.54, 1.807) is 21.9 Å². The lowest BCUT2D eigenvalue weighted by Gasteiger charge is -1.95. The van der Waals surface area contributed by atoms with Crippen LogP contribution in [0.5, 0.6) is 0 Å². The van der Waals surface area contributed by atoms with Crippen LogP contribution in [0.4, 0.5) is 0 Å². The summed E-state index contributed by atoms with van der Waals surface area (Å²) in [6, 6.07) is 7.70. The number of nitrogens with zero attached hydrogens (tertiary/aromatic N) is 3. The van der Waals surface area contributed by atoms with Crippen LogP contribution >= 0.6 is 22.9 Å². The van der Waals surface area contributed by atoms with Gasteiger partial charge in [-0.25, -0.2) is 9.50 Å². The van der Waals surface area contributed by atoms with Gasteiger partial charge in [0, 0.05) is 0 Å². The average Bonchev–Trinajstić information content (AvgIpc) is 2.87. The SMILES string of the molecule is Cc1c(-c2cccs2)nc2ccc(Cl)nn12. The van der Waals surface area contributed by atoms with E-state index in [4.69, 9.17) is 11.6 Å². The molecule has 0 atom stereocenters. The molecule has 0 aliphatic rings. The quantitative estimate of drug-likeness (QED) is 0.662. The summed E-state index contributed by atoms with van der Waals surface area (Å²) < 4.78 is 1.78. The molecule has 3 heterocycles. The second-order valence-electron chi connectivity index (χ2n) is 3.45. The Labute approximate surface area is 101 Å². The van der Waals surface area contributed by atoms with Crippen LogP contribution in [0.3, 0.4) is 0 Å². The molecule has 3 aromatic heterocycles. The van der Waals surface area contributed by atoms with Crippen molar-refractivity contribution in [3.05, 3.63) is 40.5 Å². The van der Waals surface area contributed by atoms with Crippen molar-refractivity contribution in [2.75, 3.05) is 0 Å². The van der Waals surface area contributed by atoms with Crippen LogP contribution in [0.2, 0.25) is 5.15 Å². The molecule has 0 radical (unpaired) electrons. The molecule has 0 saturated heterocycles. The molecule has 0 saturated carbocycles. The summed E-state index contributed by atoms with van der Waals surface area (Å²) >= 11 is 7.54. The van der Waals surface area contributed by atoms with Crippen LogP contribution in [-0.4, -0.2) is 14.6 Å². The highest BCUT2D eigenvalue weighted by Gasteiger charge is 2.11. The van der Waals surface area contributed by atoms with Crippen molar-refractivity contribution in [3.63, 3.8) is 0 Å². The average molecular weight is 250 g/mol. The van der Waals surface area contributed by atoms with E-state index in [2.05, 4.69) is 16.1 Å². The Morgan fingerprint density at radius 2 is 2.19 bits per heavy atom. The number of hydrogen-bond donors (Lipinski definition) is 0. The summed E-state index contributed by atoms with van der Waals surface area (Å²) in [5, 5.41) is 6.75. The number of aromatic nitrogens is 3. The third-order valence-electron chi connectivity index (χ3n) is 2.42. The molecule has 0 spiro atoms. The van der Waals surface area contributed by atoms with Crippen molar-refractivity contribution < 1.29 is 0 Å². The van der Waals surface area contributed by atoms with Gasteiger partial charge in [-0.15, -0.1) is 11.3 Å². The van der Waals surface area contributed by atoms with Crippen molar-refractivity contribution in [1.29, 1.82) is 0 Å². The molecular formula is C11H8ClN3S.